The molecule has 0 aromatic heterocycles. The number of rotatable bonds is 4. The van der Waals surface area contributed by atoms with Gasteiger partial charge in [-0.15, -0.1) is 0 Å². The highest BCUT2D eigenvalue weighted by molar-refractivity contribution is 6.24. The molecule has 3 aliphatic rings. The molecular weight excluding hydrogens is 326 g/mol. The van der Waals surface area contributed by atoms with E-state index in [2.05, 4.69) is 10.6 Å². The van der Waals surface area contributed by atoms with Crippen molar-refractivity contribution in [1.29, 1.82) is 0 Å². The van der Waals surface area contributed by atoms with Crippen LogP contribution in [0.1, 0.15) is 33.6 Å². The molecular formula is C17H17N3O5. The second-order valence-electron chi connectivity index (χ2n) is 6.46. The first-order chi connectivity index (χ1) is 12.1. The number of imide groups is 2. The molecule has 0 bridgehead atoms. The minimum absolute atomic E-state index is 0.0991. The second-order valence-corrected chi connectivity index (χ2v) is 6.46. The van der Waals surface area contributed by atoms with Crippen molar-refractivity contribution in [3.8, 4) is 5.75 Å². The predicted molar refractivity (Wildman–Crippen MR) is 85.0 cm³/mol. The van der Waals surface area contributed by atoms with Gasteiger partial charge in [-0.05, 0) is 18.6 Å². The Hall–Kier alpha value is -2.74. The Bertz CT molecular complexity index is 786. The zero-order valence-electron chi connectivity index (χ0n) is 13.4. The van der Waals surface area contributed by atoms with Gasteiger partial charge in [-0.1, -0.05) is 6.07 Å². The normalized spacial score (nSPS) is 23.4. The molecule has 1 aromatic rings. The van der Waals surface area contributed by atoms with Crippen LogP contribution in [0.3, 0.4) is 0 Å². The van der Waals surface area contributed by atoms with Crippen LogP contribution in [-0.2, 0) is 9.59 Å². The van der Waals surface area contributed by atoms with E-state index in [-0.39, 0.29) is 24.0 Å². The topological polar surface area (TPSA) is 105 Å². The molecule has 3 aliphatic heterocycles. The molecule has 130 valence electrons. The predicted octanol–water partition coefficient (Wildman–Crippen LogP) is -0.314. The van der Waals surface area contributed by atoms with Gasteiger partial charge in [-0.2, -0.15) is 0 Å². The first-order valence-corrected chi connectivity index (χ1v) is 8.24. The fraction of sp³-hybridized carbons (Fsp3) is 0.412. The molecule has 4 amide bonds. The second kappa shape index (κ2) is 5.96. The molecule has 0 spiro atoms. The Morgan fingerprint density at radius 3 is 2.60 bits per heavy atom. The van der Waals surface area contributed by atoms with Crippen LogP contribution in [0.4, 0.5) is 0 Å². The van der Waals surface area contributed by atoms with Gasteiger partial charge in [-0.3, -0.25) is 29.4 Å². The molecule has 1 unspecified atom stereocenters. The lowest BCUT2D eigenvalue weighted by Crippen LogP contribution is -2.54. The smallest absolute Gasteiger partial charge is 0.266 e. The van der Waals surface area contributed by atoms with E-state index in [1.165, 1.54) is 0 Å². The van der Waals surface area contributed by atoms with E-state index in [1.54, 1.807) is 18.2 Å². The number of nitrogens with one attached hydrogen (secondary N) is 2. The van der Waals surface area contributed by atoms with Gasteiger partial charge in [0.2, 0.25) is 11.8 Å². The number of nitrogens with zero attached hydrogens (tertiary/aromatic N) is 1. The van der Waals surface area contributed by atoms with Crippen LogP contribution in [0.15, 0.2) is 18.2 Å². The lowest BCUT2D eigenvalue weighted by atomic mass is 10.0. The van der Waals surface area contributed by atoms with Crippen LogP contribution >= 0.6 is 0 Å². The lowest BCUT2D eigenvalue weighted by molar-refractivity contribution is -0.136. The maximum absolute atomic E-state index is 12.8. The number of ether oxygens (including phenoxy) is 1. The molecule has 0 radical (unpaired) electrons. The Kier molecular flexibility index (Phi) is 3.76. The third kappa shape index (κ3) is 2.58. The summed E-state index contributed by atoms with van der Waals surface area (Å²) in [5, 5.41) is 5.32. The maximum Gasteiger partial charge on any atom is 0.266 e. The van der Waals surface area contributed by atoms with E-state index in [9.17, 15) is 19.2 Å². The minimum Gasteiger partial charge on any atom is -0.492 e. The molecule has 0 aliphatic carbocycles. The molecule has 8 nitrogen and oxygen atoms in total. The van der Waals surface area contributed by atoms with Gasteiger partial charge in [0.1, 0.15) is 11.8 Å². The van der Waals surface area contributed by atoms with Crippen molar-refractivity contribution in [1.82, 2.24) is 15.5 Å². The van der Waals surface area contributed by atoms with E-state index in [1.807, 2.05) is 0 Å². The van der Waals surface area contributed by atoms with Crippen LogP contribution in [-0.4, -0.2) is 54.3 Å². The van der Waals surface area contributed by atoms with Gasteiger partial charge in [0, 0.05) is 25.4 Å². The zero-order chi connectivity index (χ0) is 17.6. The third-order valence-electron chi connectivity index (χ3n) is 4.77. The number of amides is 4. The van der Waals surface area contributed by atoms with Crippen molar-refractivity contribution in [2.45, 2.75) is 18.9 Å². The van der Waals surface area contributed by atoms with E-state index in [4.69, 9.17) is 4.74 Å². The quantitative estimate of drug-likeness (QED) is 0.727. The van der Waals surface area contributed by atoms with E-state index >= 15 is 0 Å². The molecule has 0 saturated carbocycles. The zero-order valence-corrected chi connectivity index (χ0v) is 13.4. The van der Waals surface area contributed by atoms with Crippen LogP contribution in [0.5, 0.6) is 5.75 Å². The fourth-order valence-corrected chi connectivity index (χ4v) is 3.28. The molecule has 2 saturated heterocycles. The van der Waals surface area contributed by atoms with Gasteiger partial charge in [0.15, 0.2) is 0 Å². The summed E-state index contributed by atoms with van der Waals surface area (Å²) in [7, 11) is 0. The summed E-state index contributed by atoms with van der Waals surface area (Å²) in [6, 6.07) is 3.91. The van der Waals surface area contributed by atoms with Crippen LogP contribution in [0, 0.1) is 5.92 Å². The number of hydrogen-bond donors (Lipinski definition) is 2. The average molecular weight is 343 g/mol. The lowest BCUT2D eigenvalue weighted by Gasteiger charge is -2.28. The largest absolute Gasteiger partial charge is 0.492 e. The van der Waals surface area contributed by atoms with E-state index in [0.29, 0.717) is 18.3 Å². The highest BCUT2D eigenvalue weighted by Crippen LogP contribution is 2.33. The van der Waals surface area contributed by atoms with Gasteiger partial charge in [0.05, 0.1) is 17.7 Å². The maximum atomic E-state index is 12.8. The molecule has 3 heterocycles. The highest BCUT2D eigenvalue weighted by atomic mass is 16.5. The monoisotopic (exact) mass is 343 g/mol. The summed E-state index contributed by atoms with van der Waals surface area (Å²) in [4.78, 5) is 49.8. The van der Waals surface area contributed by atoms with Crippen molar-refractivity contribution < 1.29 is 23.9 Å². The Balaban J connectivity index is 1.60. The third-order valence-corrected chi connectivity index (χ3v) is 4.77. The number of fused-ring (bicyclic) bond motifs is 1. The van der Waals surface area contributed by atoms with Gasteiger partial charge in [-0.25, -0.2) is 0 Å². The molecule has 2 fully saturated rings. The summed E-state index contributed by atoms with van der Waals surface area (Å²) in [5.74, 6) is -1.33. The summed E-state index contributed by atoms with van der Waals surface area (Å²) in [6.45, 7) is 2.19. The number of hydrogen-bond acceptors (Lipinski definition) is 6. The molecule has 4 rings (SSSR count). The first kappa shape index (κ1) is 15.8. The summed E-state index contributed by atoms with van der Waals surface area (Å²) in [5.41, 5.74) is 0.434. The van der Waals surface area contributed by atoms with Crippen molar-refractivity contribution in [3.63, 3.8) is 0 Å². The van der Waals surface area contributed by atoms with Crippen molar-refractivity contribution in [2.24, 2.45) is 5.92 Å². The SMILES string of the molecule is O=C1CCC(N2C(=O)c3cccc(OCC4CNC4)c3C2=O)C(=O)N1. The summed E-state index contributed by atoms with van der Waals surface area (Å²) < 4.78 is 5.76. The van der Waals surface area contributed by atoms with Crippen LogP contribution < -0.4 is 15.4 Å². The van der Waals surface area contributed by atoms with Crippen molar-refractivity contribution in [3.05, 3.63) is 29.3 Å². The highest BCUT2D eigenvalue weighted by Gasteiger charge is 2.46. The van der Waals surface area contributed by atoms with E-state index in [0.717, 1.165) is 18.0 Å². The summed E-state index contributed by atoms with van der Waals surface area (Å²) in [6.07, 6.45) is 0.238. The number of carbonyl (C=O) groups excluding carboxylic acids is 4. The molecule has 8 heteroatoms. The summed E-state index contributed by atoms with van der Waals surface area (Å²) >= 11 is 0. The van der Waals surface area contributed by atoms with Crippen LogP contribution in [0.25, 0.3) is 0 Å². The first-order valence-electron chi connectivity index (χ1n) is 8.24. The van der Waals surface area contributed by atoms with Crippen molar-refractivity contribution in [2.75, 3.05) is 19.7 Å². The van der Waals surface area contributed by atoms with E-state index < -0.39 is 29.7 Å². The molecule has 2 N–H and O–H groups in total. The Morgan fingerprint density at radius 2 is 1.92 bits per heavy atom. The molecule has 1 aromatic carbocycles. The van der Waals surface area contributed by atoms with Gasteiger partial charge >= 0.3 is 0 Å². The van der Waals surface area contributed by atoms with Crippen LogP contribution in [0.2, 0.25) is 0 Å². The standard InChI is InChI=1S/C17H17N3O5/c21-13-5-4-11(15(22)19-13)20-16(23)10-2-1-3-12(14(10)17(20)24)25-8-9-6-18-7-9/h1-3,9,11,18H,4-8H2,(H,19,21,22). The number of benzene rings is 1. The molecule has 25 heavy (non-hydrogen) atoms. The van der Waals surface area contributed by atoms with Crippen molar-refractivity contribution >= 4 is 23.6 Å². The average Bonchev–Trinajstić information content (AvgIpc) is 2.79. The fourth-order valence-electron chi connectivity index (χ4n) is 3.28. The molecule has 1 atom stereocenters. The van der Waals surface area contributed by atoms with Gasteiger partial charge < -0.3 is 10.1 Å². The van der Waals surface area contributed by atoms with Gasteiger partial charge in [0.25, 0.3) is 11.8 Å². The Morgan fingerprint density at radius 1 is 1.12 bits per heavy atom. The number of piperidine rings is 1. The Labute approximate surface area is 143 Å². The number of carbonyl (C=O) groups is 4. The minimum atomic E-state index is -0.964.